The molecule has 0 saturated heterocycles. The van der Waals surface area contributed by atoms with Crippen molar-refractivity contribution in [2.75, 3.05) is 11.9 Å². The van der Waals surface area contributed by atoms with Crippen LogP contribution in [0.1, 0.15) is 35.3 Å². The van der Waals surface area contributed by atoms with Gasteiger partial charge in [-0.15, -0.1) is 0 Å². The second kappa shape index (κ2) is 10.6. The smallest absolute Gasteiger partial charge is 0.318 e. The third kappa shape index (κ3) is 5.61. The Bertz CT molecular complexity index is 1380. The number of aromatic nitrogens is 4. The number of carbonyl (C=O) groups excluding carboxylic acids is 1. The van der Waals surface area contributed by atoms with Crippen LogP contribution in [0.2, 0.25) is 10.0 Å². The lowest BCUT2D eigenvalue weighted by molar-refractivity contribution is 0.188. The zero-order valence-electron chi connectivity index (χ0n) is 19.7. The highest BCUT2D eigenvalue weighted by molar-refractivity contribution is 6.42. The fourth-order valence-electron chi connectivity index (χ4n) is 4.09. The summed E-state index contributed by atoms with van der Waals surface area (Å²) in [5.74, 6) is 0.472. The fourth-order valence-corrected chi connectivity index (χ4v) is 4.40. The van der Waals surface area contributed by atoms with E-state index in [9.17, 15) is 4.79 Å². The fraction of sp³-hybridized carbons (Fsp3) is 0.231. The van der Waals surface area contributed by atoms with Gasteiger partial charge in [-0.3, -0.25) is 4.68 Å². The highest BCUT2D eigenvalue weighted by Gasteiger charge is 2.24. The predicted molar refractivity (Wildman–Crippen MR) is 141 cm³/mol. The number of carbonyl (C=O) groups is 1. The summed E-state index contributed by atoms with van der Waals surface area (Å²) in [5.41, 5.74) is 4.72. The van der Waals surface area contributed by atoms with Crippen molar-refractivity contribution in [3.63, 3.8) is 0 Å². The Kier molecular flexibility index (Phi) is 7.06. The van der Waals surface area contributed by atoms with E-state index >= 15 is 0 Å². The minimum absolute atomic E-state index is 0.158. The van der Waals surface area contributed by atoms with Crippen LogP contribution in [0.4, 0.5) is 16.4 Å². The molecule has 2 aromatic carbocycles. The molecule has 0 spiro atoms. The molecule has 1 atom stereocenters. The van der Waals surface area contributed by atoms with E-state index in [1.54, 1.807) is 23.2 Å². The number of hydrogen-bond acceptors (Lipinski definition) is 5. The van der Waals surface area contributed by atoms with Crippen LogP contribution in [0.5, 0.6) is 0 Å². The number of halogens is 2. The van der Waals surface area contributed by atoms with E-state index in [1.807, 2.05) is 48.3 Å². The van der Waals surface area contributed by atoms with Gasteiger partial charge in [0.2, 0.25) is 5.95 Å². The topological polar surface area (TPSA) is 88.0 Å². The van der Waals surface area contributed by atoms with Gasteiger partial charge in [0.15, 0.2) is 0 Å². The van der Waals surface area contributed by atoms with E-state index in [0.717, 1.165) is 22.5 Å². The summed E-state index contributed by atoms with van der Waals surface area (Å²) in [5, 5.41) is 11.6. The van der Waals surface area contributed by atoms with Gasteiger partial charge in [-0.25, -0.2) is 14.8 Å². The lowest BCUT2D eigenvalue weighted by atomic mass is 10.1. The largest absolute Gasteiger partial charge is 0.331 e. The van der Waals surface area contributed by atoms with Crippen molar-refractivity contribution in [1.29, 1.82) is 0 Å². The van der Waals surface area contributed by atoms with Gasteiger partial charge in [0, 0.05) is 18.9 Å². The van der Waals surface area contributed by atoms with Crippen molar-refractivity contribution in [3.05, 3.63) is 99.6 Å². The standard InChI is InChI=1S/C26H25Cl2N7O/c1-17(19-7-8-22(27)23(28)11-19)31-26(36)34-10-9-20-12-29-25(33-24(20)16-34)32-21-13-30-35(15-21)14-18-5-3-2-4-6-18/h2-8,11-13,15,17H,9-10,14,16H2,1H3,(H,31,36)(H,29,32,33)/t17-/m1/s1. The van der Waals surface area contributed by atoms with E-state index in [4.69, 9.17) is 23.2 Å². The van der Waals surface area contributed by atoms with Crippen molar-refractivity contribution < 1.29 is 4.79 Å². The highest BCUT2D eigenvalue weighted by Crippen LogP contribution is 2.26. The molecule has 1 aliphatic heterocycles. The van der Waals surface area contributed by atoms with Crippen LogP contribution < -0.4 is 10.6 Å². The quantitative estimate of drug-likeness (QED) is 0.344. The molecule has 10 heteroatoms. The molecule has 0 unspecified atom stereocenters. The van der Waals surface area contributed by atoms with Crippen LogP contribution >= 0.6 is 23.2 Å². The number of rotatable bonds is 6. The molecule has 0 aliphatic carbocycles. The molecule has 2 aromatic heterocycles. The molecule has 3 heterocycles. The maximum absolute atomic E-state index is 13.0. The maximum atomic E-state index is 13.0. The SMILES string of the molecule is C[C@@H](NC(=O)N1CCc2cnc(Nc3cnn(Cc4ccccc4)c3)nc2C1)c1ccc(Cl)c(Cl)c1. The number of nitrogens with one attached hydrogen (secondary N) is 2. The zero-order chi connectivity index (χ0) is 25.1. The van der Waals surface area contributed by atoms with Gasteiger partial charge in [0.05, 0.1) is 46.8 Å². The number of nitrogens with zero attached hydrogens (tertiary/aromatic N) is 5. The first kappa shape index (κ1) is 24.1. The molecule has 0 bridgehead atoms. The Morgan fingerprint density at radius 1 is 1.11 bits per heavy atom. The van der Waals surface area contributed by atoms with Gasteiger partial charge in [-0.1, -0.05) is 59.6 Å². The van der Waals surface area contributed by atoms with Crippen LogP contribution in [-0.4, -0.2) is 37.2 Å². The molecule has 4 aromatic rings. The van der Waals surface area contributed by atoms with E-state index in [2.05, 4.69) is 37.8 Å². The molecular formula is C26H25Cl2N7O. The van der Waals surface area contributed by atoms with Crippen LogP contribution in [0, 0.1) is 0 Å². The minimum Gasteiger partial charge on any atom is -0.331 e. The summed E-state index contributed by atoms with van der Waals surface area (Å²) in [4.78, 5) is 23.8. The van der Waals surface area contributed by atoms with Gasteiger partial charge in [0.1, 0.15) is 0 Å². The summed E-state index contributed by atoms with van der Waals surface area (Å²) in [6.45, 7) is 3.59. The molecule has 184 valence electrons. The van der Waals surface area contributed by atoms with Crippen molar-refractivity contribution in [2.45, 2.75) is 32.5 Å². The molecule has 36 heavy (non-hydrogen) atoms. The van der Waals surface area contributed by atoms with Gasteiger partial charge < -0.3 is 15.5 Å². The molecule has 2 N–H and O–H groups in total. The van der Waals surface area contributed by atoms with E-state index in [1.165, 1.54) is 5.56 Å². The molecule has 1 aliphatic rings. The molecular weight excluding hydrogens is 497 g/mol. The summed E-state index contributed by atoms with van der Waals surface area (Å²) in [6.07, 6.45) is 6.18. The molecule has 5 rings (SSSR count). The van der Waals surface area contributed by atoms with Crippen molar-refractivity contribution in [2.24, 2.45) is 0 Å². The van der Waals surface area contributed by atoms with Gasteiger partial charge in [0.25, 0.3) is 0 Å². The second-order valence-corrected chi connectivity index (χ2v) is 9.53. The summed E-state index contributed by atoms with van der Waals surface area (Å²) in [7, 11) is 0. The van der Waals surface area contributed by atoms with Gasteiger partial charge in [-0.2, -0.15) is 5.10 Å². The van der Waals surface area contributed by atoms with Crippen LogP contribution in [-0.2, 0) is 19.5 Å². The number of benzene rings is 2. The second-order valence-electron chi connectivity index (χ2n) is 8.72. The number of hydrogen-bond donors (Lipinski definition) is 2. The lowest BCUT2D eigenvalue weighted by Gasteiger charge is -2.29. The Hall–Kier alpha value is -3.62. The average Bonchev–Trinajstić information content (AvgIpc) is 3.32. The van der Waals surface area contributed by atoms with Crippen LogP contribution in [0.25, 0.3) is 0 Å². The van der Waals surface area contributed by atoms with E-state index < -0.39 is 0 Å². The predicted octanol–water partition coefficient (Wildman–Crippen LogP) is 5.60. The maximum Gasteiger partial charge on any atom is 0.318 e. The van der Waals surface area contributed by atoms with Crippen molar-refractivity contribution >= 4 is 40.9 Å². The number of fused-ring (bicyclic) bond motifs is 1. The van der Waals surface area contributed by atoms with E-state index in [0.29, 0.717) is 42.0 Å². The van der Waals surface area contributed by atoms with Gasteiger partial charge in [-0.05, 0) is 42.2 Å². The molecule has 0 fully saturated rings. The normalized spacial score (nSPS) is 13.7. The number of urea groups is 1. The molecule has 8 nitrogen and oxygen atoms in total. The third-order valence-electron chi connectivity index (χ3n) is 6.09. The van der Waals surface area contributed by atoms with Crippen molar-refractivity contribution in [3.8, 4) is 0 Å². The highest BCUT2D eigenvalue weighted by atomic mass is 35.5. The monoisotopic (exact) mass is 521 g/mol. The molecule has 2 amide bonds. The lowest BCUT2D eigenvalue weighted by Crippen LogP contribution is -2.43. The minimum atomic E-state index is -0.219. The van der Waals surface area contributed by atoms with Crippen LogP contribution in [0.3, 0.4) is 0 Å². The summed E-state index contributed by atoms with van der Waals surface area (Å²) in [6, 6.07) is 15.1. The van der Waals surface area contributed by atoms with Crippen molar-refractivity contribution in [1.82, 2.24) is 30.0 Å². The average molecular weight is 522 g/mol. The Morgan fingerprint density at radius 3 is 2.75 bits per heavy atom. The Morgan fingerprint density at radius 2 is 1.94 bits per heavy atom. The number of amides is 2. The Balaban J connectivity index is 1.22. The molecule has 0 saturated carbocycles. The number of anilines is 2. The van der Waals surface area contributed by atoms with Gasteiger partial charge >= 0.3 is 6.03 Å². The summed E-state index contributed by atoms with van der Waals surface area (Å²) >= 11 is 12.1. The summed E-state index contributed by atoms with van der Waals surface area (Å²) < 4.78 is 1.86. The third-order valence-corrected chi connectivity index (χ3v) is 6.83. The first-order valence-corrected chi connectivity index (χ1v) is 12.4. The van der Waals surface area contributed by atoms with Crippen LogP contribution in [0.15, 0.2) is 67.1 Å². The van der Waals surface area contributed by atoms with E-state index in [-0.39, 0.29) is 12.1 Å². The first-order valence-electron chi connectivity index (χ1n) is 11.6. The first-order chi connectivity index (χ1) is 17.4. The Labute approximate surface area is 219 Å². The zero-order valence-corrected chi connectivity index (χ0v) is 21.2. The molecule has 0 radical (unpaired) electrons.